The van der Waals surface area contributed by atoms with Crippen LogP contribution in [0, 0.1) is 0 Å². The fourth-order valence-electron chi connectivity index (χ4n) is 3.83. The van der Waals surface area contributed by atoms with Crippen LogP contribution in [0.2, 0.25) is 0 Å². The topological polar surface area (TPSA) is 46.1 Å². The van der Waals surface area contributed by atoms with Gasteiger partial charge in [-0.1, -0.05) is 6.07 Å². The molecule has 2 aromatic rings. The molecule has 0 saturated heterocycles. The first kappa shape index (κ1) is 14.8. The van der Waals surface area contributed by atoms with Gasteiger partial charge in [-0.15, -0.1) is 0 Å². The number of aromatic nitrogens is 2. The Morgan fingerprint density at radius 2 is 2.04 bits per heavy atom. The molecule has 1 unspecified atom stereocenters. The van der Waals surface area contributed by atoms with Crippen LogP contribution in [0.15, 0.2) is 35.1 Å². The summed E-state index contributed by atoms with van der Waals surface area (Å²) in [7, 11) is 0. The van der Waals surface area contributed by atoms with Crippen LogP contribution >= 0.6 is 15.9 Å². The molecule has 0 radical (unpaired) electrons. The fourth-order valence-corrected chi connectivity index (χ4v) is 4.21. The van der Waals surface area contributed by atoms with Crippen LogP contribution in [0.3, 0.4) is 0 Å². The van der Waals surface area contributed by atoms with Gasteiger partial charge in [-0.05, 0) is 60.8 Å². The summed E-state index contributed by atoms with van der Waals surface area (Å²) in [6.45, 7) is 6.16. The third kappa shape index (κ3) is 1.99. The van der Waals surface area contributed by atoms with Crippen molar-refractivity contribution in [1.29, 1.82) is 0 Å². The van der Waals surface area contributed by atoms with Gasteiger partial charge in [0.15, 0.2) is 0 Å². The highest BCUT2D eigenvalue weighted by atomic mass is 79.9. The number of pyridine rings is 2. The first-order valence-electron chi connectivity index (χ1n) is 7.76. The highest BCUT2D eigenvalue weighted by Gasteiger charge is 2.57. The standard InChI is InChI=1S/C18H18BrN3O/c1-17(2,3)22-15-13(5-4-6-20-15)18(16(22)23)8-11-7-12(19)10-21-14(11)9-18/h4-7,10H,8-9H2,1-3H3. The van der Waals surface area contributed by atoms with Gasteiger partial charge in [-0.2, -0.15) is 0 Å². The summed E-state index contributed by atoms with van der Waals surface area (Å²) in [4.78, 5) is 24.4. The molecule has 4 rings (SSSR count). The largest absolute Gasteiger partial charge is 0.290 e. The Kier molecular flexibility index (Phi) is 2.98. The Hall–Kier alpha value is -1.75. The summed E-state index contributed by atoms with van der Waals surface area (Å²) in [6.07, 6.45) is 4.92. The van der Waals surface area contributed by atoms with Gasteiger partial charge >= 0.3 is 0 Å². The van der Waals surface area contributed by atoms with Crippen molar-refractivity contribution in [3.8, 4) is 0 Å². The molecule has 0 N–H and O–H groups in total. The van der Waals surface area contributed by atoms with E-state index in [-0.39, 0.29) is 11.4 Å². The third-order valence-electron chi connectivity index (χ3n) is 4.79. The highest BCUT2D eigenvalue weighted by Crippen LogP contribution is 2.50. The summed E-state index contributed by atoms with van der Waals surface area (Å²) >= 11 is 3.48. The molecule has 1 spiro atoms. The lowest BCUT2D eigenvalue weighted by Gasteiger charge is -2.33. The fraction of sp³-hybridized carbons (Fsp3) is 0.389. The molecule has 1 aliphatic carbocycles. The second-order valence-corrected chi connectivity index (χ2v) is 8.30. The Morgan fingerprint density at radius 1 is 1.26 bits per heavy atom. The normalized spacial score (nSPS) is 22.6. The van der Waals surface area contributed by atoms with Gasteiger partial charge < -0.3 is 0 Å². The van der Waals surface area contributed by atoms with Crippen LogP contribution in [-0.2, 0) is 23.1 Å². The Labute approximate surface area is 144 Å². The third-order valence-corrected chi connectivity index (χ3v) is 5.22. The molecule has 0 aromatic carbocycles. The van der Waals surface area contributed by atoms with Crippen molar-refractivity contribution in [1.82, 2.24) is 9.97 Å². The predicted octanol–water partition coefficient (Wildman–Crippen LogP) is 3.42. The quantitative estimate of drug-likeness (QED) is 0.712. The molecule has 23 heavy (non-hydrogen) atoms. The second kappa shape index (κ2) is 4.63. The van der Waals surface area contributed by atoms with Gasteiger partial charge in [0.1, 0.15) is 5.82 Å². The lowest BCUT2D eigenvalue weighted by Crippen LogP contribution is -2.49. The SMILES string of the molecule is CC(C)(C)N1C(=O)C2(Cc3cc(Br)cnc3C2)c2cccnc21. The molecule has 0 fully saturated rings. The van der Waals surface area contributed by atoms with Crippen LogP contribution < -0.4 is 4.90 Å². The molecule has 5 heteroatoms. The van der Waals surface area contributed by atoms with E-state index in [2.05, 4.69) is 52.7 Å². The maximum absolute atomic E-state index is 13.4. The van der Waals surface area contributed by atoms with Crippen LogP contribution in [-0.4, -0.2) is 21.4 Å². The Balaban J connectivity index is 1.90. The predicted molar refractivity (Wildman–Crippen MR) is 92.5 cm³/mol. The summed E-state index contributed by atoms with van der Waals surface area (Å²) in [5, 5.41) is 0. The minimum Gasteiger partial charge on any atom is -0.290 e. The molecular formula is C18H18BrN3O. The molecule has 2 aliphatic rings. The molecule has 0 bridgehead atoms. The Morgan fingerprint density at radius 3 is 2.78 bits per heavy atom. The van der Waals surface area contributed by atoms with E-state index in [1.54, 1.807) is 6.20 Å². The van der Waals surface area contributed by atoms with Gasteiger partial charge in [0.2, 0.25) is 5.91 Å². The van der Waals surface area contributed by atoms with Crippen LogP contribution in [0.25, 0.3) is 0 Å². The maximum Gasteiger partial charge on any atom is 0.240 e. The van der Waals surface area contributed by atoms with Crippen LogP contribution in [0.5, 0.6) is 0 Å². The van der Waals surface area contributed by atoms with E-state index in [0.29, 0.717) is 12.8 Å². The minimum atomic E-state index is -0.549. The van der Waals surface area contributed by atoms with Gasteiger partial charge in [0.25, 0.3) is 0 Å². The van der Waals surface area contributed by atoms with Crippen LogP contribution in [0.1, 0.15) is 37.6 Å². The highest BCUT2D eigenvalue weighted by molar-refractivity contribution is 9.10. The average Bonchev–Trinajstić information content (AvgIpc) is 2.96. The molecule has 118 valence electrons. The van der Waals surface area contributed by atoms with Crippen molar-refractivity contribution < 1.29 is 4.79 Å². The van der Waals surface area contributed by atoms with E-state index in [4.69, 9.17) is 0 Å². The summed E-state index contributed by atoms with van der Waals surface area (Å²) in [6, 6.07) is 6.05. The van der Waals surface area contributed by atoms with Crippen molar-refractivity contribution in [2.24, 2.45) is 0 Å². The number of carbonyl (C=O) groups is 1. The van der Waals surface area contributed by atoms with E-state index in [1.807, 2.05) is 23.2 Å². The first-order chi connectivity index (χ1) is 10.8. The maximum atomic E-state index is 13.4. The molecule has 1 amide bonds. The van der Waals surface area contributed by atoms with Gasteiger partial charge in [0, 0.05) is 40.1 Å². The monoisotopic (exact) mass is 371 g/mol. The Bertz CT molecular complexity index is 827. The molecular weight excluding hydrogens is 354 g/mol. The lowest BCUT2D eigenvalue weighted by atomic mass is 9.79. The zero-order valence-electron chi connectivity index (χ0n) is 13.4. The zero-order valence-corrected chi connectivity index (χ0v) is 15.0. The number of amides is 1. The number of rotatable bonds is 0. The number of carbonyl (C=O) groups excluding carboxylic acids is 1. The van der Waals surface area contributed by atoms with E-state index >= 15 is 0 Å². The summed E-state index contributed by atoms with van der Waals surface area (Å²) < 4.78 is 0.956. The van der Waals surface area contributed by atoms with Crippen molar-refractivity contribution in [2.75, 3.05) is 4.90 Å². The summed E-state index contributed by atoms with van der Waals surface area (Å²) in [5.41, 5.74) is 2.36. The summed E-state index contributed by atoms with van der Waals surface area (Å²) in [5.74, 6) is 0.949. The smallest absolute Gasteiger partial charge is 0.240 e. The van der Waals surface area contributed by atoms with E-state index in [0.717, 1.165) is 27.1 Å². The number of halogens is 1. The molecule has 1 atom stereocenters. The second-order valence-electron chi connectivity index (χ2n) is 7.38. The molecule has 3 heterocycles. The van der Waals surface area contributed by atoms with E-state index in [9.17, 15) is 4.79 Å². The number of hydrogen-bond acceptors (Lipinski definition) is 3. The number of anilines is 1. The van der Waals surface area contributed by atoms with E-state index < -0.39 is 5.41 Å². The number of fused-ring (bicyclic) bond motifs is 3. The number of nitrogens with zero attached hydrogens (tertiary/aromatic N) is 3. The van der Waals surface area contributed by atoms with Crippen LogP contribution in [0.4, 0.5) is 5.82 Å². The van der Waals surface area contributed by atoms with Crippen molar-refractivity contribution in [3.05, 3.63) is 51.9 Å². The first-order valence-corrected chi connectivity index (χ1v) is 8.56. The minimum absolute atomic E-state index is 0.146. The van der Waals surface area contributed by atoms with Crippen molar-refractivity contribution in [2.45, 2.75) is 44.6 Å². The molecule has 4 nitrogen and oxygen atoms in total. The van der Waals surface area contributed by atoms with Gasteiger partial charge in [-0.25, -0.2) is 4.98 Å². The van der Waals surface area contributed by atoms with Gasteiger partial charge in [0.05, 0.1) is 5.41 Å². The lowest BCUT2D eigenvalue weighted by molar-refractivity contribution is -0.123. The molecule has 1 aliphatic heterocycles. The molecule has 0 saturated carbocycles. The zero-order chi connectivity index (χ0) is 16.4. The van der Waals surface area contributed by atoms with E-state index in [1.165, 1.54) is 0 Å². The average molecular weight is 372 g/mol. The van der Waals surface area contributed by atoms with Gasteiger partial charge in [-0.3, -0.25) is 14.7 Å². The number of hydrogen-bond donors (Lipinski definition) is 0. The van der Waals surface area contributed by atoms with Crippen molar-refractivity contribution >= 4 is 27.7 Å². The molecule has 2 aromatic heterocycles. The van der Waals surface area contributed by atoms with Crippen molar-refractivity contribution in [3.63, 3.8) is 0 Å².